The summed E-state index contributed by atoms with van der Waals surface area (Å²) >= 11 is 0. The normalized spacial score (nSPS) is 14.7. The number of hydrogen-bond donors (Lipinski definition) is 3. The summed E-state index contributed by atoms with van der Waals surface area (Å²) in [5, 5.41) is 6.09. The lowest BCUT2D eigenvalue weighted by molar-refractivity contribution is -0.120. The zero-order valence-electron chi connectivity index (χ0n) is 16.7. The first-order valence-electron chi connectivity index (χ1n) is 9.95. The number of benzene rings is 2. The van der Waals surface area contributed by atoms with E-state index in [1.807, 2.05) is 12.1 Å². The fraction of sp³-hybridized carbons (Fsp3) is 0.364. The minimum atomic E-state index is -0.526. The predicted molar refractivity (Wildman–Crippen MR) is 115 cm³/mol. The number of rotatable bonds is 8. The van der Waals surface area contributed by atoms with E-state index >= 15 is 0 Å². The maximum absolute atomic E-state index is 12.5. The molecule has 7 nitrogen and oxygen atoms in total. The second kappa shape index (κ2) is 9.82. The molecule has 0 aromatic heterocycles. The largest absolute Gasteiger partial charge is 0.484 e. The van der Waals surface area contributed by atoms with Crippen LogP contribution in [0.4, 0.5) is 17.1 Å². The van der Waals surface area contributed by atoms with Gasteiger partial charge in [0.2, 0.25) is 5.91 Å². The number of ether oxygens (including phenoxy) is 1. The molecular weight excluding hydrogens is 368 g/mol. The highest BCUT2D eigenvalue weighted by Gasteiger charge is 2.14. The number of hydrogen-bond acceptors (Lipinski definition) is 5. The fourth-order valence-electron chi connectivity index (χ4n) is 3.28. The average Bonchev–Trinajstić information content (AvgIpc) is 2.74. The molecule has 2 amide bonds. The highest BCUT2D eigenvalue weighted by molar-refractivity contribution is 5.96. The summed E-state index contributed by atoms with van der Waals surface area (Å²) < 4.78 is 5.22. The second-order valence-corrected chi connectivity index (χ2v) is 7.23. The molecule has 0 aliphatic carbocycles. The van der Waals surface area contributed by atoms with Crippen LogP contribution in [-0.2, 0) is 9.59 Å². The third-order valence-electron chi connectivity index (χ3n) is 4.87. The van der Waals surface area contributed by atoms with E-state index in [0.29, 0.717) is 5.75 Å². The van der Waals surface area contributed by atoms with Crippen LogP contribution in [0.15, 0.2) is 48.5 Å². The second-order valence-electron chi connectivity index (χ2n) is 7.23. The molecule has 2 aromatic carbocycles. The van der Waals surface area contributed by atoms with E-state index in [-0.39, 0.29) is 12.5 Å². The zero-order valence-corrected chi connectivity index (χ0v) is 16.7. The van der Waals surface area contributed by atoms with Gasteiger partial charge in [-0.3, -0.25) is 9.59 Å². The molecule has 0 unspecified atom stereocenters. The molecule has 1 aliphatic rings. The summed E-state index contributed by atoms with van der Waals surface area (Å²) in [6, 6.07) is 14.6. The fourth-order valence-corrected chi connectivity index (χ4v) is 3.28. The molecule has 0 bridgehead atoms. The van der Waals surface area contributed by atoms with E-state index in [1.165, 1.54) is 24.9 Å². The number of primary amides is 1. The van der Waals surface area contributed by atoms with Crippen molar-refractivity contribution in [3.63, 3.8) is 0 Å². The Kier molecular flexibility index (Phi) is 6.94. The van der Waals surface area contributed by atoms with Gasteiger partial charge in [0.05, 0.1) is 0 Å². The molecule has 1 aliphatic heterocycles. The van der Waals surface area contributed by atoms with Gasteiger partial charge in [-0.25, -0.2) is 0 Å². The molecule has 2 aromatic rings. The van der Waals surface area contributed by atoms with Gasteiger partial charge in [-0.05, 0) is 74.7 Å². The van der Waals surface area contributed by atoms with Crippen molar-refractivity contribution in [1.29, 1.82) is 0 Å². The van der Waals surface area contributed by atoms with Crippen LogP contribution in [0.5, 0.6) is 5.75 Å². The van der Waals surface area contributed by atoms with Crippen molar-refractivity contribution in [2.75, 3.05) is 35.2 Å². The van der Waals surface area contributed by atoms with Gasteiger partial charge in [-0.2, -0.15) is 0 Å². The van der Waals surface area contributed by atoms with Gasteiger partial charge < -0.3 is 26.0 Å². The molecular formula is C22H28N4O3. The van der Waals surface area contributed by atoms with Crippen molar-refractivity contribution >= 4 is 28.9 Å². The number of carbonyl (C=O) groups is 2. The van der Waals surface area contributed by atoms with E-state index in [2.05, 4.69) is 27.7 Å². The third-order valence-corrected chi connectivity index (χ3v) is 4.87. The number of nitrogens with zero attached hydrogens (tertiary/aromatic N) is 1. The van der Waals surface area contributed by atoms with E-state index in [1.54, 1.807) is 31.2 Å². The van der Waals surface area contributed by atoms with Gasteiger partial charge in [-0.15, -0.1) is 0 Å². The average molecular weight is 396 g/mol. The first-order chi connectivity index (χ1) is 14.0. The Morgan fingerprint density at radius 3 is 2.24 bits per heavy atom. The Morgan fingerprint density at radius 2 is 1.62 bits per heavy atom. The van der Waals surface area contributed by atoms with Crippen molar-refractivity contribution in [2.24, 2.45) is 5.73 Å². The summed E-state index contributed by atoms with van der Waals surface area (Å²) in [7, 11) is 0. The van der Waals surface area contributed by atoms with E-state index in [9.17, 15) is 9.59 Å². The molecule has 1 saturated heterocycles. The van der Waals surface area contributed by atoms with E-state index < -0.39 is 11.9 Å². The van der Waals surface area contributed by atoms with Crippen molar-refractivity contribution in [1.82, 2.24) is 0 Å². The molecule has 3 rings (SSSR count). The van der Waals surface area contributed by atoms with Gasteiger partial charge in [-0.1, -0.05) is 0 Å². The van der Waals surface area contributed by atoms with Gasteiger partial charge >= 0.3 is 0 Å². The maximum atomic E-state index is 12.5. The monoisotopic (exact) mass is 396 g/mol. The molecule has 1 atom stereocenters. The standard InChI is InChI=1S/C22H28N4O3/c1-16(24-17-7-11-20(12-8-17)29-15-21(23)27)22(28)25-18-5-9-19(10-6-18)26-13-3-2-4-14-26/h5-12,16,24H,2-4,13-15H2,1H3,(H2,23,27)(H,25,28)/t16-/m1/s1. The van der Waals surface area contributed by atoms with E-state index in [0.717, 1.165) is 24.5 Å². The number of anilines is 3. The number of nitrogens with one attached hydrogen (secondary N) is 2. The quantitative estimate of drug-likeness (QED) is 0.637. The minimum absolute atomic E-state index is 0.121. The van der Waals surface area contributed by atoms with Crippen molar-refractivity contribution in [3.05, 3.63) is 48.5 Å². The van der Waals surface area contributed by atoms with Crippen molar-refractivity contribution < 1.29 is 14.3 Å². The van der Waals surface area contributed by atoms with Crippen LogP contribution in [0, 0.1) is 0 Å². The smallest absolute Gasteiger partial charge is 0.255 e. The predicted octanol–water partition coefficient (Wildman–Crippen LogP) is 2.98. The van der Waals surface area contributed by atoms with Crippen LogP contribution >= 0.6 is 0 Å². The Bertz CT molecular complexity index is 815. The van der Waals surface area contributed by atoms with Crippen LogP contribution in [-0.4, -0.2) is 37.6 Å². The highest BCUT2D eigenvalue weighted by atomic mass is 16.5. The molecule has 154 valence electrons. The molecule has 0 radical (unpaired) electrons. The minimum Gasteiger partial charge on any atom is -0.484 e. The number of amides is 2. The van der Waals surface area contributed by atoms with E-state index in [4.69, 9.17) is 10.5 Å². The number of carbonyl (C=O) groups excluding carboxylic acids is 2. The van der Waals surface area contributed by atoms with Gasteiger partial charge in [0, 0.05) is 30.2 Å². The molecule has 1 fully saturated rings. The lowest BCUT2D eigenvalue weighted by Crippen LogP contribution is -2.32. The highest BCUT2D eigenvalue weighted by Crippen LogP contribution is 2.22. The Hall–Kier alpha value is -3.22. The Labute approximate surface area is 171 Å². The number of nitrogens with two attached hydrogens (primary N) is 1. The third kappa shape index (κ3) is 6.14. The lowest BCUT2D eigenvalue weighted by atomic mass is 10.1. The van der Waals surface area contributed by atoms with Crippen LogP contribution in [0.3, 0.4) is 0 Å². The maximum Gasteiger partial charge on any atom is 0.255 e. The molecule has 29 heavy (non-hydrogen) atoms. The first kappa shape index (κ1) is 20.5. The molecule has 1 heterocycles. The molecule has 7 heteroatoms. The van der Waals surface area contributed by atoms with Crippen molar-refractivity contribution in [3.8, 4) is 5.75 Å². The number of piperidine rings is 1. The van der Waals surface area contributed by atoms with Gasteiger partial charge in [0.1, 0.15) is 11.8 Å². The summed E-state index contributed by atoms with van der Waals surface area (Å²) in [5.74, 6) is -0.105. The SMILES string of the molecule is C[C@@H](Nc1ccc(OCC(N)=O)cc1)C(=O)Nc1ccc(N2CCCCC2)cc1. The summed E-state index contributed by atoms with van der Waals surface area (Å²) in [6.07, 6.45) is 3.78. The first-order valence-corrected chi connectivity index (χ1v) is 9.95. The van der Waals surface area contributed by atoms with Crippen LogP contribution in [0.2, 0.25) is 0 Å². The van der Waals surface area contributed by atoms with Crippen LogP contribution in [0.1, 0.15) is 26.2 Å². The Morgan fingerprint density at radius 1 is 1.00 bits per heavy atom. The van der Waals surface area contributed by atoms with Gasteiger partial charge in [0.25, 0.3) is 5.91 Å². The molecule has 4 N–H and O–H groups in total. The summed E-state index contributed by atoms with van der Waals surface area (Å²) in [6.45, 7) is 3.83. The van der Waals surface area contributed by atoms with Crippen LogP contribution < -0.4 is 26.0 Å². The Balaban J connectivity index is 1.50. The van der Waals surface area contributed by atoms with Gasteiger partial charge in [0.15, 0.2) is 6.61 Å². The molecule has 0 spiro atoms. The lowest BCUT2D eigenvalue weighted by Gasteiger charge is -2.28. The van der Waals surface area contributed by atoms with Crippen LogP contribution in [0.25, 0.3) is 0 Å². The zero-order chi connectivity index (χ0) is 20.6. The van der Waals surface area contributed by atoms with Crippen molar-refractivity contribution in [2.45, 2.75) is 32.2 Å². The summed E-state index contributed by atoms with van der Waals surface area (Å²) in [4.78, 5) is 25.6. The summed E-state index contributed by atoms with van der Waals surface area (Å²) in [5.41, 5.74) is 7.81. The topological polar surface area (TPSA) is 96.7 Å². The molecule has 0 saturated carbocycles.